The number of rotatable bonds is 5. The summed E-state index contributed by atoms with van der Waals surface area (Å²) in [6.45, 7) is 5.87. The van der Waals surface area contributed by atoms with Crippen LogP contribution in [0, 0.1) is 0 Å². The minimum absolute atomic E-state index is 0.0853. The van der Waals surface area contributed by atoms with E-state index in [9.17, 15) is 8.42 Å². The average Bonchev–Trinajstić information content (AvgIpc) is 2.31. The van der Waals surface area contributed by atoms with Crippen LogP contribution < -0.4 is 10.0 Å². The summed E-state index contributed by atoms with van der Waals surface area (Å²) in [5.41, 5.74) is 6.85. The molecule has 0 heterocycles. The number of anilines is 2. The predicted molar refractivity (Wildman–Crippen MR) is 75.7 cm³/mol. The fourth-order valence-electron chi connectivity index (χ4n) is 1.54. The summed E-state index contributed by atoms with van der Waals surface area (Å²) >= 11 is 0. The Bertz CT molecular complexity index is 483. The summed E-state index contributed by atoms with van der Waals surface area (Å²) in [4.78, 5) is 0. The maximum Gasteiger partial charge on any atom is 0.304 e. The Hall–Kier alpha value is -1.27. The van der Waals surface area contributed by atoms with Crippen molar-refractivity contribution >= 4 is 21.6 Å². The van der Waals surface area contributed by atoms with Gasteiger partial charge in [-0.3, -0.25) is 4.31 Å². The molecule has 0 bridgehead atoms. The maximum absolute atomic E-state index is 12.4. The molecule has 6 heteroatoms. The Morgan fingerprint density at radius 1 is 1.22 bits per heavy atom. The van der Waals surface area contributed by atoms with Gasteiger partial charge < -0.3 is 5.73 Å². The molecule has 0 fully saturated rings. The van der Waals surface area contributed by atoms with Crippen LogP contribution in [0.1, 0.15) is 20.8 Å². The van der Waals surface area contributed by atoms with E-state index in [4.69, 9.17) is 5.73 Å². The third-order valence-electron chi connectivity index (χ3n) is 2.84. The van der Waals surface area contributed by atoms with E-state index in [1.807, 2.05) is 20.8 Å². The zero-order chi connectivity index (χ0) is 13.9. The van der Waals surface area contributed by atoms with Crippen LogP contribution in [0.5, 0.6) is 0 Å². The Morgan fingerprint density at radius 3 is 2.11 bits per heavy atom. The van der Waals surface area contributed by atoms with Gasteiger partial charge in [0.25, 0.3) is 0 Å². The van der Waals surface area contributed by atoms with Gasteiger partial charge in [-0.25, -0.2) is 0 Å². The van der Waals surface area contributed by atoms with Crippen molar-refractivity contribution in [2.24, 2.45) is 0 Å². The van der Waals surface area contributed by atoms with E-state index in [0.717, 1.165) is 0 Å². The molecule has 1 rings (SSSR count). The van der Waals surface area contributed by atoms with Crippen LogP contribution in [-0.2, 0) is 10.2 Å². The number of hydrogen-bond donors (Lipinski definition) is 1. The first-order valence-electron chi connectivity index (χ1n) is 5.92. The van der Waals surface area contributed by atoms with E-state index < -0.39 is 10.2 Å². The number of hydrogen-bond acceptors (Lipinski definition) is 3. The number of nitrogens with two attached hydrogens (primary N) is 1. The molecule has 0 atom stereocenters. The predicted octanol–water partition coefficient (Wildman–Crippen LogP) is 1.68. The fourth-order valence-corrected chi connectivity index (χ4v) is 3.10. The van der Waals surface area contributed by atoms with Gasteiger partial charge in [0.2, 0.25) is 0 Å². The molecule has 5 nitrogen and oxygen atoms in total. The Balaban J connectivity index is 3.14. The van der Waals surface area contributed by atoms with E-state index in [1.165, 1.54) is 8.61 Å². The van der Waals surface area contributed by atoms with Crippen LogP contribution in [0.4, 0.5) is 11.4 Å². The Kier molecular flexibility index (Phi) is 4.59. The highest BCUT2D eigenvalue weighted by atomic mass is 32.2. The van der Waals surface area contributed by atoms with Crippen molar-refractivity contribution in [3.63, 3.8) is 0 Å². The molecule has 0 aliphatic heterocycles. The molecule has 2 N–H and O–H groups in total. The summed E-state index contributed by atoms with van der Waals surface area (Å²) in [6.07, 6.45) is 0. The summed E-state index contributed by atoms with van der Waals surface area (Å²) in [5, 5.41) is 0. The highest BCUT2D eigenvalue weighted by Gasteiger charge is 2.27. The van der Waals surface area contributed by atoms with Crippen molar-refractivity contribution in [1.82, 2.24) is 4.31 Å². The van der Waals surface area contributed by atoms with Gasteiger partial charge in [-0.2, -0.15) is 12.7 Å². The topological polar surface area (TPSA) is 66.6 Å². The SMILES string of the molecule is CCN(c1ccc(N)cc1)S(=O)(=O)N(C)C(C)C. The van der Waals surface area contributed by atoms with Crippen molar-refractivity contribution in [1.29, 1.82) is 0 Å². The van der Waals surface area contributed by atoms with Crippen molar-refractivity contribution < 1.29 is 8.42 Å². The van der Waals surface area contributed by atoms with Gasteiger partial charge in [0.1, 0.15) is 0 Å². The maximum atomic E-state index is 12.4. The normalized spacial score (nSPS) is 12.1. The molecule has 18 heavy (non-hydrogen) atoms. The fraction of sp³-hybridized carbons (Fsp3) is 0.500. The highest BCUT2D eigenvalue weighted by Crippen LogP contribution is 2.21. The molecule has 0 amide bonds. The molecule has 0 radical (unpaired) electrons. The van der Waals surface area contributed by atoms with Crippen molar-refractivity contribution in [3.8, 4) is 0 Å². The second-order valence-electron chi connectivity index (χ2n) is 4.37. The van der Waals surface area contributed by atoms with Crippen LogP contribution in [0.2, 0.25) is 0 Å². The lowest BCUT2D eigenvalue weighted by molar-refractivity contribution is 0.408. The van der Waals surface area contributed by atoms with Gasteiger partial charge >= 0.3 is 10.2 Å². The van der Waals surface area contributed by atoms with E-state index >= 15 is 0 Å². The summed E-state index contributed by atoms with van der Waals surface area (Å²) < 4.78 is 27.5. The smallest absolute Gasteiger partial charge is 0.304 e. The van der Waals surface area contributed by atoms with Crippen LogP contribution in [0.25, 0.3) is 0 Å². The van der Waals surface area contributed by atoms with Crippen LogP contribution in [0.15, 0.2) is 24.3 Å². The summed E-state index contributed by atoms with van der Waals surface area (Å²) in [6, 6.07) is 6.73. The lowest BCUT2D eigenvalue weighted by Gasteiger charge is -2.30. The molecule has 0 spiro atoms. The first kappa shape index (κ1) is 14.8. The monoisotopic (exact) mass is 271 g/mol. The zero-order valence-corrected chi connectivity index (χ0v) is 12.1. The van der Waals surface area contributed by atoms with Gasteiger partial charge in [-0.15, -0.1) is 0 Å². The van der Waals surface area contributed by atoms with Crippen LogP contribution in [-0.4, -0.2) is 32.4 Å². The molecule has 0 aliphatic carbocycles. The minimum atomic E-state index is -3.49. The third-order valence-corrected chi connectivity index (χ3v) is 5.01. The number of benzene rings is 1. The lowest BCUT2D eigenvalue weighted by Crippen LogP contribution is -2.44. The van der Waals surface area contributed by atoms with Crippen LogP contribution in [0.3, 0.4) is 0 Å². The molecule has 0 aromatic heterocycles. The molecule has 1 aromatic carbocycles. The van der Waals surface area contributed by atoms with E-state index in [2.05, 4.69) is 0 Å². The second-order valence-corrected chi connectivity index (χ2v) is 6.29. The zero-order valence-electron chi connectivity index (χ0n) is 11.3. The summed E-state index contributed by atoms with van der Waals surface area (Å²) in [7, 11) is -1.91. The second kappa shape index (κ2) is 5.58. The lowest BCUT2D eigenvalue weighted by atomic mass is 10.3. The summed E-state index contributed by atoms with van der Waals surface area (Å²) in [5.74, 6) is 0. The standard InChI is InChI=1S/C12H21N3O2S/c1-5-15(12-8-6-11(13)7-9-12)18(16,17)14(4)10(2)3/h6-10H,5,13H2,1-4H3. The van der Waals surface area contributed by atoms with Gasteiger partial charge in [-0.05, 0) is 45.0 Å². The first-order chi connectivity index (χ1) is 8.30. The highest BCUT2D eigenvalue weighted by molar-refractivity contribution is 7.90. The van der Waals surface area contributed by atoms with Crippen LogP contribution >= 0.6 is 0 Å². The van der Waals surface area contributed by atoms with E-state index in [-0.39, 0.29) is 6.04 Å². The molecule has 0 unspecified atom stereocenters. The Labute approximate surface area is 109 Å². The molecule has 0 saturated heterocycles. The molecule has 0 aliphatic rings. The molecular weight excluding hydrogens is 250 g/mol. The average molecular weight is 271 g/mol. The molecule has 1 aromatic rings. The van der Waals surface area contributed by atoms with Gasteiger partial charge in [0.05, 0.1) is 5.69 Å². The number of nitrogens with zero attached hydrogens (tertiary/aromatic N) is 2. The first-order valence-corrected chi connectivity index (χ1v) is 7.31. The van der Waals surface area contributed by atoms with Crippen molar-refractivity contribution in [3.05, 3.63) is 24.3 Å². The van der Waals surface area contributed by atoms with Crippen molar-refractivity contribution in [2.75, 3.05) is 23.6 Å². The number of nitrogen functional groups attached to an aromatic ring is 1. The minimum Gasteiger partial charge on any atom is -0.399 e. The van der Waals surface area contributed by atoms with Gasteiger partial charge in [-0.1, -0.05) is 0 Å². The molecule has 102 valence electrons. The van der Waals surface area contributed by atoms with E-state index in [1.54, 1.807) is 31.3 Å². The van der Waals surface area contributed by atoms with Gasteiger partial charge in [0, 0.05) is 25.3 Å². The molecule has 0 saturated carbocycles. The molecular formula is C12H21N3O2S. The largest absolute Gasteiger partial charge is 0.399 e. The third kappa shape index (κ3) is 2.94. The van der Waals surface area contributed by atoms with Crippen molar-refractivity contribution in [2.45, 2.75) is 26.8 Å². The van der Waals surface area contributed by atoms with E-state index in [0.29, 0.717) is 17.9 Å². The Morgan fingerprint density at radius 2 is 1.72 bits per heavy atom. The quantitative estimate of drug-likeness (QED) is 0.829. The van der Waals surface area contributed by atoms with Gasteiger partial charge in [0.15, 0.2) is 0 Å².